The summed E-state index contributed by atoms with van der Waals surface area (Å²) in [4.78, 5) is 10.9. The molecule has 0 amide bonds. The summed E-state index contributed by atoms with van der Waals surface area (Å²) in [6.45, 7) is 2.16. The molecule has 0 unspecified atom stereocenters. The van der Waals surface area contributed by atoms with Crippen molar-refractivity contribution in [1.29, 1.82) is 0 Å². The Labute approximate surface area is 95.2 Å². The Morgan fingerprint density at radius 1 is 1.44 bits per heavy atom. The maximum atomic E-state index is 11.7. The number of carbonyl (C=O) groups is 1. The first-order chi connectivity index (χ1) is 7.27. The third-order valence-corrected chi connectivity index (χ3v) is 4.47. The monoisotopic (exact) mass is 251 g/mol. The molecule has 0 atom stereocenters. The summed E-state index contributed by atoms with van der Waals surface area (Å²) < 4.78 is 29.0. The summed E-state index contributed by atoms with van der Waals surface area (Å²) in [5, 5.41) is 9.67. The van der Waals surface area contributed by atoms with Crippen molar-refractivity contribution in [3.8, 4) is 0 Å². The van der Waals surface area contributed by atoms with Crippen LogP contribution in [0.3, 0.4) is 0 Å². The van der Waals surface area contributed by atoms with Crippen molar-refractivity contribution in [2.45, 2.75) is 25.4 Å². The van der Waals surface area contributed by atoms with Crippen LogP contribution in [0.15, 0.2) is 0 Å². The van der Waals surface area contributed by atoms with Crippen LogP contribution in [0.2, 0.25) is 0 Å². The summed E-state index contributed by atoms with van der Waals surface area (Å²) in [6, 6.07) is 0. The van der Waals surface area contributed by atoms with E-state index in [-0.39, 0.29) is 13.1 Å². The number of esters is 1. The zero-order valence-corrected chi connectivity index (χ0v) is 10.3. The molecular weight excluding hydrogens is 234 g/mol. The predicted octanol–water partition coefficient (Wildman–Crippen LogP) is -0.664. The van der Waals surface area contributed by atoms with Gasteiger partial charge < -0.3 is 9.84 Å². The van der Waals surface area contributed by atoms with Crippen LogP contribution in [0.25, 0.3) is 0 Å². The van der Waals surface area contributed by atoms with Crippen molar-refractivity contribution in [1.82, 2.24) is 4.31 Å². The number of ether oxygens (including phenoxy) is 1. The third-order valence-electron chi connectivity index (χ3n) is 2.72. The highest BCUT2D eigenvalue weighted by Crippen LogP contribution is 2.23. The van der Waals surface area contributed by atoms with Crippen LogP contribution in [-0.4, -0.2) is 55.4 Å². The van der Waals surface area contributed by atoms with Gasteiger partial charge in [-0.05, 0) is 19.8 Å². The molecule has 1 N–H and O–H groups in total. The van der Waals surface area contributed by atoms with Crippen LogP contribution in [0.1, 0.15) is 19.8 Å². The van der Waals surface area contributed by atoms with Gasteiger partial charge in [-0.15, -0.1) is 0 Å². The summed E-state index contributed by atoms with van der Waals surface area (Å²) >= 11 is 0. The number of methoxy groups -OCH3 is 1. The van der Waals surface area contributed by atoms with Crippen LogP contribution < -0.4 is 0 Å². The number of nitrogens with zero attached hydrogens (tertiary/aromatic N) is 1. The molecule has 0 aromatic rings. The second-order valence-electron chi connectivity index (χ2n) is 4.23. The molecule has 0 spiro atoms. The molecule has 1 rings (SSSR count). The van der Waals surface area contributed by atoms with Gasteiger partial charge in [0.25, 0.3) is 0 Å². The quantitative estimate of drug-likeness (QED) is 0.673. The van der Waals surface area contributed by atoms with Gasteiger partial charge in [0.1, 0.15) is 0 Å². The number of aliphatic hydroxyl groups is 1. The molecule has 16 heavy (non-hydrogen) atoms. The molecule has 1 fully saturated rings. The zero-order valence-electron chi connectivity index (χ0n) is 9.47. The van der Waals surface area contributed by atoms with E-state index in [2.05, 4.69) is 4.74 Å². The third kappa shape index (κ3) is 3.43. The summed E-state index contributed by atoms with van der Waals surface area (Å²) in [5.41, 5.74) is -0.808. The van der Waals surface area contributed by atoms with E-state index in [4.69, 9.17) is 0 Å². The minimum atomic E-state index is -3.60. The van der Waals surface area contributed by atoms with Crippen molar-refractivity contribution in [2.75, 3.05) is 26.0 Å². The lowest BCUT2D eigenvalue weighted by molar-refractivity contribution is -0.137. The van der Waals surface area contributed by atoms with Crippen molar-refractivity contribution in [2.24, 2.45) is 0 Å². The Balaban J connectivity index is 2.62. The number of hydrogen-bond acceptors (Lipinski definition) is 5. The van der Waals surface area contributed by atoms with E-state index in [0.29, 0.717) is 12.8 Å². The normalized spacial score (nSPS) is 21.7. The van der Waals surface area contributed by atoms with Crippen LogP contribution in [0, 0.1) is 0 Å². The smallest absolute Gasteiger partial charge is 0.322 e. The number of carbonyl (C=O) groups excluding carboxylic acids is 1. The highest BCUT2D eigenvalue weighted by molar-refractivity contribution is 7.89. The van der Waals surface area contributed by atoms with Gasteiger partial charge in [0.2, 0.25) is 10.0 Å². The fourth-order valence-electron chi connectivity index (χ4n) is 1.55. The second-order valence-corrected chi connectivity index (χ2v) is 6.20. The highest BCUT2D eigenvalue weighted by atomic mass is 32.2. The topological polar surface area (TPSA) is 83.9 Å². The van der Waals surface area contributed by atoms with Crippen molar-refractivity contribution >= 4 is 16.0 Å². The minimum absolute atomic E-state index is 0.242. The Hall–Kier alpha value is -0.660. The van der Waals surface area contributed by atoms with Gasteiger partial charge in [-0.25, -0.2) is 12.7 Å². The fourth-order valence-corrected chi connectivity index (χ4v) is 2.88. The summed E-state index contributed by atoms with van der Waals surface area (Å²) in [5.74, 6) is -1.40. The van der Waals surface area contributed by atoms with E-state index < -0.39 is 27.3 Å². The van der Waals surface area contributed by atoms with Crippen molar-refractivity contribution < 1.29 is 23.1 Å². The lowest BCUT2D eigenvalue weighted by Crippen LogP contribution is -2.46. The summed E-state index contributed by atoms with van der Waals surface area (Å²) in [6.07, 6.45) is 0.765. The number of sulfonamides is 1. The SMILES string of the molecule is COC(=O)CS(=O)(=O)N1CCC(C)(O)CC1. The van der Waals surface area contributed by atoms with Gasteiger partial charge in [0, 0.05) is 13.1 Å². The first-order valence-electron chi connectivity index (χ1n) is 5.04. The predicted molar refractivity (Wildman–Crippen MR) is 57.2 cm³/mol. The van der Waals surface area contributed by atoms with Crippen LogP contribution >= 0.6 is 0 Å². The van der Waals surface area contributed by atoms with Crippen molar-refractivity contribution in [3.05, 3.63) is 0 Å². The van der Waals surface area contributed by atoms with E-state index in [9.17, 15) is 18.3 Å². The molecular formula is C9H17NO5S. The molecule has 0 radical (unpaired) electrons. The first kappa shape index (κ1) is 13.4. The standard InChI is InChI=1S/C9H17NO5S/c1-9(12)3-5-10(6-4-9)16(13,14)7-8(11)15-2/h12H,3-7H2,1-2H3. The van der Waals surface area contributed by atoms with Gasteiger partial charge in [-0.2, -0.15) is 0 Å². The van der Waals surface area contributed by atoms with Crippen LogP contribution in [0.4, 0.5) is 0 Å². The van der Waals surface area contributed by atoms with Gasteiger partial charge in [0.05, 0.1) is 12.7 Å². The van der Waals surface area contributed by atoms with Gasteiger partial charge >= 0.3 is 5.97 Å². The molecule has 94 valence electrons. The number of hydrogen-bond donors (Lipinski definition) is 1. The number of rotatable bonds is 3. The molecule has 1 aliphatic rings. The van der Waals surface area contributed by atoms with Gasteiger partial charge in [-0.1, -0.05) is 0 Å². The average Bonchev–Trinajstić information content (AvgIpc) is 2.16. The largest absolute Gasteiger partial charge is 0.468 e. The van der Waals surface area contributed by atoms with E-state index >= 15 is 0 Å². The molecule has 0 aromatic carbocycles. The molecule has 1 aliphatic heterocycles. The zero-order chi connectivity index (χ0) is 12.4. The van der Waals surface area contributed by atoms with E-state index in [1.807, 2.05) is 0 Å². The molecule has 7 heteroatoms. The Bertz CT molecular complexity index is 352. The number of piperidine rings is 1. The molecule has 1 heterocycles. The minimum Gasteiger partial charge on any atom is -0.468 e. The molecule has 1 saturated heterocycles. The van der Waals surface area contributed by atoms with Gasteiger partial charge in [0.15, 0.2) is 5.75 Å². The van der Waals surface area contributed by atoms with Gasteiger partial charge in [-0.3, -0.25) is 4.79 Å². The Morgan fingerprint density at radius 2 is 1.94 bits per heavy atom. The molecule has 0 aliphatic carbocycles. The highest BCUT2D eigenvalue weighted by Gasteiger charge is 2.34. The maximum Gasteiger partial charge on any atom is 0.322 e. The average molecular weight is 251 g/mol. The summed E-state index contributed by atoms with van der Waals surface area (Å²) in [7, 11) is -2.45. The Kier molecular flexibility index (Phi) is 3.92. The molecule has 0 bridgehead atoms. The molecule has 0 aromatic heterocycles. The lowest BCUT2D eigenvalue weighted by atomic mass is 9.95. The Morgan fingerprint density at radius 3 is 2.38 bits per heavy atom. The lowest BCUT2D eigenvalue weighted by Gasteiger charge is -2.34. The second kappa shape index (κ2) is 4.68. The van der Waals surface area contributed by atoms with Crippen LogP contribution in [0.5, 0.6) is 0 Å². The van der Waals surface area contributed by atoms with Crippen LogP contribution in [-0.2, 0) is 19.6 Å². The van der Waals surface area contributed by atoms with E-state index in [1.54, 1.807) is 6.92 Å². The first-order valence-corrected chi connectivity index (χ1v) is 6.65. The van der Waals surface area contributed by atoms with E-state index in [0.717, 1.165) is 7.11 Å². The van der Waals surface area contributed by atoms with Crippen molar-refractivity contribution in [3.63, 3.8) is 0 Å². The fraction of sp³-hybridized carbons (Fsp3) is 0.889. The molecule has 0 saturated carbocycles. The maximum absolute atomic E-state index is 11.7. The molecule has 6 nitrogen and oxygen atoms in total. The van der Waals surface area contributed by atoms with E-state index in [1.165, 1.54) is 4.31 Å².